The SMILES string of the molecule is COc1cccc(Cn2cnc3cccc(C(=O)O)c32)c1. The Morgan fingerprint density at radius 1 is 1.29 bits per heavy atom. The lowest BCUT2D eigenvalue weighted by molar-refractivity contribution is 0.0698. The molecule has 1 aromatic heterocycles. The van der Waals surface area contributed by atoms with E-state index >= 15 is 0 Å². The summed E-state index contributed by atoms with van der Waals surface area (Å²) in [5, 5.41) is 9.31. The summed E-state index contributed by atoms with van der Waals surface area (Å²) in [7, 11) is 1.62. The minimum Gasteiger partial charge on any atom is -0.497 e. The van der Waals surface area contributed by atoms with E-state index in [2.05, 4.69) is 4.98 Å². The van der Waals surface area contributed by atoms with Gasteiger partial charge in [0.1, 0.15) is 5.75 Å². The van der Waals surface area contributed by atoms with Gasteiger partial charge in [0.25, 0.3) is 0 Å². The first-order chi connectivity index (χ1) is 10.2. The van der Waals surface area contributed by atoms with Crippen molar-refractivity contribution in [2.75, 3.05) is 7.11 Å². The molecule has 0 aliphatic heterocycles. The van der Waals surface area contributed by atoms with Crippen molar-refractivity contribution in [1.82, 2.24) is 9.55 Å². The van der Waals surface area contributed by atoms with E-state index in [0.29, 0.717) is 17.6 Å². The third-order valence-electron chi connectivity index (χ3n) is 3.36. The van der Waals surface area contributed by atoms with Crippen LogP contribution in [0.2, 0.25) is 0 Å². The molecule has 1 N–H and O–H groups in total. The van der Waals surface area contributed by atoms with Gasteiger partial charge in [-0.3, -0.25) is 0 Å². The highest BCUT2D eigenvalue weighted by atomic mass is 16.5. The number of hydrogen-bond donors (Lipinski definition) is 1. The number of aromatic carboxylic acids is 1. The van der Waals surface area contributed by atoms with Gasteiger partial charge in [-0.15, -0.1) is 0 Å². The molecule has 0 saturated heterocycles. The average Bonchev–Trinajstić information content (AvgIpc) is 2.90. The van der Waals surface area contributed by atoms with Gasteiger partial charge < -0.3 is 14.4 Å². The van der Waals surface area contributed by atoms with Crippen LogP contribution >= 0.6 is 0 Å². The van der Waals surface area contributed by atoms with E-state index in [1.54, 1.807) is 25.6 Å². The lowest BCUT2D eigenvalue weighted by Crippen LogP contribution is -2.04. The summed E-state index contributed by atoms with van der Waals surface area (Å²) in [5.41, 5.74) is 2.59. The third-order valence-corrected chi connectivity index (χ3v) is 3.36. The van der Waals surface area contributed by atoms with Crippen LogP contribution in [-0.4, -0.2) is 27.7 Å². The van der Waals surface area contributed by atoms with Gasteiger partial charge in [0.05, 0.1) is 30.0 Å². The number of carboxylic acids is 1. The molecular formula is C16H14N2O3. The second-order valence-electron chi connectivity index (χ2n) is 4.70. The number of nitrogens with zero attached hydrogens (tertiary/aromatic N) is 2. The molecule has 5 heteroatoms. The lowest BCUT2D eigenvalue weighted by atomic mass is 10.1. The predicted octanol–water partition coefficient (Wildman–Crippen LogP) is 2.79. The molecule has 0 atom stereocenters. The van der Waals surface area contributed by atoms with Crippen LogP contribution in [0.25, 0.3) is 11.0 Å². The van der Waals surface area contributed by atoms with E-state index in [1.807, 2.05) is 34.9 Å². The number of carboxylic acid groups (broad SMARTS) is 1. The van der Waals surface area contributed by atoms with E-state index in [1.165, 1.54) is 0 Å². The van der Waals surface area contributed by atoms with Gasteiger partial charge in [0.15, 0.2) is 0 Å². The van der Waals surface area contributed by atoms with Crippen molar-refractivity contribution in [1.29, 1.82) is 0 Å². The maximum Gasteiger partial charge on any atom is 0.337 e. The molecule has 2 aromatic carbocycles. The Balaban J connectivity index is 2.06. The zero-order valence-corrected chi connectivity index (χ0v) is 11.5. The van der Waals surface area contributed by atoms with Gasteiger partial charge in [-0.2, -0.15) is 0 Å². The predicted molar refractivity (Wildman–Crippen MR) is 78.8 cm³/mol. The largest absolute Gasteiger partial charge is 0.497 e. The van der Waals surface area contributed by atoms with Gasteiger partial charge in [-0.1, -0.05) is 18.2 Å². The number of benzene rings is 2. The smallest absolute Gasteiger partial charge is 0.337 e. The molecule has 0 aliphatic carbocycles. The van der Waals surface area contributed by atoms with Crippen LogP contribution in [0, 0.1) is 0 Å². The molecule has 0 amide bonds. The summed E-state index contributed by atoms with van der Waals surface area (Å²) in [5.74, 6) is -0.177. The standard InChI is InChI=1S/C16H14N2O3/c1-21-12-5-2-4-11(8-12)9-18-10-17-14-7-3-6-13(15(14)18)16(19)20/h2-8,10H,9H2,1H3,(H,19,20). The Bertz CT molecular complexity index is 808. The molecule has 0 unspecified atom stereocenters. The van der Waals surface area contributed by atoms with Crippen LogP contribution in [-0.2, 0) is 6.54 Å². The molecule has 0 bridgehead atoms. The van der Waals surface area contributed by atoms with Crippen molar-refractivity contribution in [3.63, 3.8) is 0 Å². The maximum atomic E-state index is 11.4. The number of fused-ring (bicyclic) bond motifs is 1. The number of carbonyl (C=O) groups is 1. The molecule has 3 aromatic rings. The summed E-state index contributed by atoms with van der Waals surface area (Å²) in [4.78, 5) is 15.6. The molecule has 0 spiro atoms. The number of para-hydroxylation sites is 1. The Labute approximate surface area is 121 Å². The van der Waals surface area contributed by atoms with Gasteiger partial charge in [-0.25, -0.2) is 9.78 Å². The Morgan fingerprint density at radius 2 is 2.10 bits per heavy atom. The van der Waals surface area contributed by atoms with Crippen molar-refractivity contribution < 1.29 is 14.6 Å². The highest BCUT2D eigenvalue weighted by Gasteiger charge is 2.13. The fourth-order valence-corrected chi connectivity index (χ4v) is 2.39. The Hall–Kier alpha value is -2.82. The number of methoxy groups -OCH3 is 1. The summed E-state index contributed by atoms with van der Waals surface area (Å²) in [6, 6.07) is 12.8. The fourth-order valence-electron chi connectivity index (χ4n) is 2.39. The van der Waals surface area contributed by atoms with Gasteiger partial charge in [-0.05, 0) is 29.8 Å². The van der Waals surface area contributed by atoms with Crippen molar-refractivity contribution in [3.05, 3.63) is 59.9 Å². The van der Waals surface area contributed by atoms with Crippen molar-refractivity contribution in [3.8, 4) is 5.75 Å². The molecule has 3 rings (SSSR count). The monoisotopic (exact) mass is 282 g/mol. The molecule has 5 nitrogen and oxygen atoms in total. The molecule has 0 aliphatic rings. The van der Waals surface area contributed by atoms with Crippen LogP contribution in [0.3, 0.4) is 0 Å². The number of ether oxygens (including phenoxy) is 1. The molecule has 1 heterocycles. The Morgan fingerprint density at radius 3 is 2.86 bits per heavy atom. The van der Waals surface area contributed by atoms with E-state index in [-0.39, 0.29) is 5.56 Å². The third kappa shape index (κ3) is 2.45. The van der Waals surface area contributed by atoms with E-state index < -0.39 is 5.97 Å². The second-order valence-corrected chi connectivity index (χ2v) is 4.70. The van der Waals surface area contributed by atoms with Crippen LogP contribution in [0.4, 0.5) is 0 Å². The molecular weight excluding hydrogens is 268 g/mol. The number of aromatic nitrogens is 2. The first-order valence-corrected chi connectivity index (χ1v) is 6.49. The lowest BCUT2D eigenvalue weighted by Gasteiger charge is -2.08. The minimum atomic E-state index is -0.951. The quantitative estimate of drug-likeness (QED) is 0.799. The van der Waals surface area contributed by atoms with Crippen LogP contribution in [0.15, 0.2) is 48.8 Å². The topological polar surface area (TPSA) is 64.4 Å². The first-order valence-electron chi connectivity index (χ1n) is 6.49. The van der Waals surface area contributed by atoms with Gasteiger partial charge in [0, 0.05) is 6.54 Å². The summed E-state index contributed by atoms with van der Waals surface area (Å²) in [6.45, 7) is 0.540. The van der Waals surface area contributed by atoms with E-state index in [9.17, 15) is 9.90 Å². The van der Waals surface area contributed by atoms with Gasteiger partial charge in [0.2, 0.25) is 0 Å². The highest BCUT2D eigenvalue weighted by molar-refractivity contribution is 6.01. The van der Waals surface area contributed by atoms with Crippen LogP contribution < -0.4 is 4.74 Å². The highest BCUT2D eigenvalue weighted by Crippen LogP contribution is 2.20. The number of rotatable bonds is 4. The molecule has 21 heavy (non-hydrogen) atoms. The first kappa shape index (κ1) is 13.2. The summed E-state index contributed by atoms with van der Waals surface area (Å²) in [6.07, 6.45) is 1.66. The molecule has 106 valence electrons. The minimum absolute atomic E-state index is 0.257. The normalized spacial score (nSPS) is 10.7. The molecule has 0 fully saturated rings. The van der Waals surface area contributed by atoms with E-state index in [0.717, 1.165) is 11.3 Å². The average molecular weight is 282 g/mol. The zero-order chi connectivity index (χ0) is 14.8. The van der Waals surface area contributed by atoms with Crippen LogP contribution in [0.1, 0.15) is 15.9 Å². The second kappa shape index (κ2) is 5.28. The Kier molecular flexibility index (Phi) is 3.31. The maximum absolute atomic E-state index is 11.4. The van der Waals surface area contributed by atoms with Crippen LogP contribution in [0.5, 0.6) is 5.75 Å². The molecule has 0 saturated carbocycles. The number of hydrogen-bond acceptors (Lipinski definition) is 3. The van der Waals surface area contributed by atoms with Gasteiger partial charge >= 0.3 is 5.97 Å². The van der Waals surface area contributed by atoms with Crippen molar-refractivity contribution >= 4 is 17.0 Å². The zero-order valence-electron chi connectivity index (χ0n) is 11.5. The van der Waals surface area contributed by atoms with E-state index in [4.69, 9.17) is 4.74 Å². The van der Waals surface area contributed by atoms with Crippen molar-refractivity contribution in [2.45, 2.75) is 6.54 Å². The summed E-state index contributed by atoms with van der Waals surface area (Å²) < 4.78 is 7.05. The molecule has 0 radical (unpaired) electrons. The summed E-state index contributed by atoms with van der Waals surface area (Å²) >= 11 is 0. The number of imidazole rings is 1. The fraction of sp³-hybridized carbons (Fsp3) is 0.125. The van der Waals surface area contributed by atoms with Crippen molar-refractivity contribution in [2.24, 2.45) is 0 Å².